The van der Waals surface area contributed by atoms with Gasteiger partial charge in [0.2, 0.25) is 0 Å². The van der Waals surface area contributed by atoms with E-state index in [1.807, 2.05) is 0 Å². The van der Waals surface area contributed by atoms with Gasteiger partial charge in [0.15, 0.2) is 0 Å². The molecule has 2 nitrogen and oxygen atoms in total. The first-order chi connectivity index (χ1) is 8.35. The van der Waals surface area contributed by atoms with Crippen LogP contribution in [0.3, 0.4) is 0 Å². The molecule has 0 aromatic rings. The SMILES string of the molecule is CC1CC(NCC(F)(F)F)CN(C2CCC2C)C1. The molecule has 1 saturated carbocycles. The van der Waals surface area contributed by atoms with Gasteiger partial charge in [-0.25, -0.2) is 0 Å². The van der Waals surface area contributed by atoms with Crippen LogP contribution in [-0.2, 0) is 0 Å². The summed E-state index contributed by atoms with van der Waals surface area (Å²) in [5.74, 6) is 1.19. The molecule has 0 spiro atoms. The maximum absolute atomic E-state index is 12.2. The van der Waals surface area contributed by atoms with E-state index in [0.29, 0.717) is 17.9 Å². The van der Waals surface area contributed by atoms with E-state index in [-0.39, 0.29) is 6.04 Å². The number of hydrogen-bond acceptors (Lipinski definition) is 2. The van der Waals surface area contributed by atoms with Gasteiger partial charge < -0.3 is 5.32 Å². The maximum Gasteiger partial charge on any atom is 0.401 e. The first-order valence-electron chi connectivity index (χ1n) is 6.89. The number of piperidine rings is 1. The topological polar surface area (TPSA) is 15.3 Å². The lowest BCUT2D eigenvalue weighted by Crippen LogP contribution is -2.57. The maximum atomic E-state index is 12.2. The smallest absolute Gasteiger partial charge is 0.305 e. The molecule has 0 bridgehead atoms. The van der Waals surface area contributed by atoms with E-state index in [4.69, 9.17) is 0 Å². The summed E-state index contributed by atoms with van der Waals surface area (Å²) in [4.78, 5) is 2.40. The Labute approximate surface area is 107 Å². The first kappa shape index (κ1) is 14.1. The molecule has 0 radical (unpaired) electrons. The van der Waals surface area contributed by atoms with Crippen molar-refractivity contribution in [2.45, 2.75) is 51.4 Å². The van der Waals surface area contributed by atoms with E-state index in [1.54, 1.807) is 0 Å². The van der Waals surface area contributed by atoms with Crippen molar-refractivity contribution >= 4 is 0 Å². The Kier molecular flexibility index (Phi) is 4.22. The van der Waals surface area contributed by atoms with Crippen molar-refractivity contribution in [3.63, 3.8) is 0 Å². The van der Waals surface area contributed by atoms with Crippen LogP contribution < -0.4 is 5.32 Å². The minimum absolute atomic E-state index is 0.0109. The van der Waals surface area contributed by atoms with E-state index in [1.165, 1.54) is 12.8 Å². The zero-order valence-electron chi connectivity index (χ0n) is 11.1. The van der Waals surface area contributed by atoms with Gasteiger partial charge in [0.1, 0.15) is 0 Å². The monoisotopic (exact) mass is 264 g/mol. The molecule has 4 atom stereocenters. The van der Waals surface area contributed by atoms with Crippen LogP contribution >= 0.6 is 0 Å². The van der Waals surface area contributed by atoms with Crippen LogP contribution in [0.15, 0.2) is 0 Å². The Morgan fingerprint density at radius 3 is 2.39 bits per heavy atom. The summed E-state index contributed by atoms with van der Waals surface area (Å²) in [6.45, 7) is 5.33. The van der Waals surface area contributed by atoms with Crippen molar-refractivity contribution in [1.82, 2.24) is 10.2 Å². The molecule has 2 fully saturated rings. The number of hydrogen-bond donors (Lipinski definition) is 1. The van der Waals surface area contributed by atoms with Crippen LogP contribution in [0.1, 0.15) is 33.1 Å². The molecule has 2 aliphatic rings. The Morgan fingerprint density at radius 2 is 1.89 bits per heavy atom. The number of likely N-dealkylation sites (tertiary alicyclic amines) is 1. The number of nitrogens with zero attached hydrogens (tertiary/aromatic N) is 1. The highest BCUT2D eigenvalue weighted by Gasteiger charge is 2.37. The second-order valence-electron chi connectivity index (χ2n) is 6.11. The Balaban J connectivity index is 1.84. The molecule has 1 N–H and O–H groups in total. The van der Waals surface area contributed by atoms with Crippen LogP contribution in [0.2, 0.25) is 0 Å². The van der Waals surface area contributed by atoms with E-state index < -0.39 is 12.7 Å². The van der Waals surface area contributed by atoms with Gasteiger partial charge in [-0.2, -0.15) is 13.2 Å². The largest absolute Gasteiger partial charge is 0.401 e. The fourth-order valence-electron chi connectivity index (χ4n) is 3.26. The third-order valence-corrected chi connectivity index (χ3v) is 4.32. The Morgan fingerprint density at radius 1 is 1.17 bits per heavy atom. The van der Waals surface area contributed by atoms with Gasteiger partial charge in [0.25, 0.3) is 0 Å². The Hall–Kier alpha value is -0.290. The van der Waals surface area contributed by atoms with E-state index in [0.717, 1.165) is 19.5 Å². The molecule has 4 unspecified atom stereocenters. The molecule has 18 heavy (non-hydrogen) atoms. The molecule has 0 aromatic heterocycles. The van der Waals surface area contributed by atoms with Gasteiger partial charge in [-0.15, -0.1) is 0 Å². The second kappa shape index (κ2) is 5.37. The summed E-state index contributed by atoms with van der Waals surface area (Å²) in [6, 6.07) is 0.589. The van der Waals surface area contributed by atoms with Crippen LogP contribution in [0.4, 0.5) is 13.2 Å². The van der Waals surface area contributed by atoms with Crippen molar-refractivity contribution in [3.05, 3.63) is 0 Å². The molecule has 0 amide bonds. The highest BCUT2D eigenvalue weighted by Crippen LogP contribution is 2.34. The number of alkyl halides is 3. The van der Waals surface area contributed by atoms with Crippen molar-refractivity contribution in [1.29, 1.82) is 0 Å². The number of nitrogens with one attached hydrogen (secondary N) is 1. The third-order valence-electron chi connectivity index (χ3n) is 4.32. The molecule has 1 saturated heterocycles. The Bertz CT molecular complexity index is 280. The van der Waals surface area contributed by atoms with Crippen molar-refractivity contribution < 1.29 is 13.2 Å². The lowest BCUT2D eigenvalue weighted by atomic mass is 9.78. The molecular formula is C13H23F3N2. The highest BCUT2D eigenvalue weighted by molar-refractivity contribution is 4.92. The quantitative estimate of drug-likeness (QED) is 0.843. The van der Waals surface area contributed by atoms with Crippen LogP contribution in [-0.4, -0.2) is 42.8 Å². The van der Waals surface area contributed by atoms with Gasteiger partial charge in [-0.1, -0.05) is 13.8 Å². The van der Waals surface area contributed by atoms with Gasteiger partial charge in [-0.05, 0) is 31.1 Å². The summed E-state index contributed by atoms with van der Waals surface area (Å²) in [5.41, 5.74) is 0. The van der Waals surface area contributed by atoms with Gasteiger partial charge >= 0.3 is 6.18 Å². The minimum atomic E-state index is -4.10. The van der Waals surface area contributed by atoms with Gasteiger partial charge in [0, 0.05) is 25.2 Å². The molecule has 1 heterocycles. The van der Waals surface area contributed by atoms with Crippen molar-refractivity contribution in [2.75, 3.05) is 19.6 Å². The minimum Gasteiger partial charge on any atom is -0.305 e. The van der Waals surface area contributed by atoms with E-state index >= 15 is 0 Å². The normalized spacial score (nSPS) is 38.5. The van der Waals surface area contributed by atoms with E-state index in [9.17, 15) is 13.2 Å². The summed E-state index contributed by atoms with van der Waals surface area (Å²) in [6.07, 6.45) is -0.779. The molecule has 0 aromatic carbocycles. The average molecular weight is 264 g/mol. The summed E-state index contributed by atoms with van der Waals surface area (Å²) in [5, 5.41) is 2.67. The average Bonchev–Trinajstić information content (AvgIpc) is 2.23. The molecule has 5 heteroatoms. The second-order valence-corrected chi connectivity index (χ2v) is 6.11. The third kappa shape index (κ3) is 3.60. The van der Waals surface area contributed by atoms with Gasteiger partial charge in [-0.3, -0.25) is 4.90 Å². The molecule has 1 aliphatic carbocycles. The standard InChI is InChI=1S/C13H23F3N2/c1-9-5-11(17-8-13(14,15)16)7-18(6-9)12-4-3-10(12)2/h9-12,17H,3-8H2,1-2H3. The summed E-state index contributed by atoms with van der Waals surface area (Å²) < 4.78 is 36.7. The number of halogens is 3. The van der Waals surface area contributed by atoms with Crippen LogP contribution in [0.5, 0.6) is 0 Å². The number of rotatable bonds is 3. The molecule has 2 rings (SSSR count). The van der Waals surface area contributed by atoms with E-state index in [2.05, 4.69) is 24.1 Å². The predicted molar refractivity (Wildman–Crippen MR) is 65.4 cm³/mol. The summed E-state index contributed by atoms with van der Waals surface area (Å²) in [7, 11) is 0. The molecule has 1 aliphatic heterocycles. The van der Waals surface area contributed by atoms with Crippen LogP contribution in [0, 0.1) is 11.8 Å². The molecule has 106 valence electrons. The lowest BCUT2D eigenvalue weighted by molar-refractivity contribution is -0.127. The first-order valence-corrected chi connectivity index (χ1v) is 6.89. The van der Waals surface area contributed by atoms with Crippen LogP contribution in [0.25, 0.3) is 0 Å². The predicted octanol–water partition coefficient (Wildman–Crippen LogP) is 2.65. The fraction of sp³-hybridized carbons (Fsp3) is 1.00. The molecular weight excluding hydrogens is 241 g/mol. The fourth-order valence-corrected chi connectivity index (χ4v) is 3.26. The summed E-state index contributed by atoms with van der Waals surface area (Å²) >= 11 is 0. The highest BCUT2D eigenvalue weighted by atomic mass is 19.4. The van der Waals surface area contributed by atoms with Crippen molar-refractivity contribution in [2.24, 2.45) is 11.8 Å². The van der Waals surface area contributed by atoms with Gasteiger partial charge in [0.05, 0.1) is 6.54 Å². The van der Waals surface area contributed by atoms with Crippen molar-refractivity contribution in [3.8, 4) is 0 Å². The zero-order chi connectivity index (χ0) is 13.3. The zero-order valence-corrected chi connectivity index (χ0v) is 11.1. The lowest BCUT2D eigenvalue weighted by Gasteiger charge is -2.48.